The van der Waals surface area contributed by atoms with E-state index in [1.54, 1.807) is 6.20 Å². The van der Waals surface area contributed by atoms with Gasteiger partial charge in [0.2, 0.25) is 0 Å². The molecule has 0 aliphatic heterocycles. The number of hydrogen-bond acceptors (Lipinski definition) is 3. The summed E-state index contributed by atoms with van der Waals surface area (Å²) in [5.74, 6) is 2.36. The number of pyridine rings is 1. The van der Waals surface area contributed by atoms with E-state index in [4.69, 9.17) is 0 Å². The highest BCUT2D eigenvalue weighted by Gasteiger charge is 2.17. The van der Waals surface area contributed by atoms with Crippen molar-refractivity contribution in [2.24, 2.45) is 0 Å². The normalized spacial score (nSPS) is 10.6. The molecule has 2 aromatic heterocycles. The fraction of sp³-hybridized carbons (Fsp3) is 0. The van der Waals surface area contributed by atoms with Gasteiger partial charge in [-0.3, -0.25) is 4.57 Å². The lowest BCUT2D eigenvalue weighted by molar-refractivity contribution is 1.01. The van der Waals surface area contributed by atoms with Crippen LogP contribution in [0.5, 0.6) is 0 Å². The minimum Gasteiger partial charge on any atom is -0.258 e. The van der Waals surface area contributed by atoms with E-state index in [1.165, 1.54) is 0 Å². The van der Waals surface area contributed by atoms with E-state index >= 15 is 0 Å². The highest BCUT2D eigenvalue weighted by Crippen LogP contribution is 2.27. The first-order chi connectivity index (χ1) is 11.4. The molecule has 2 aromatic carbocycles. The van der Waals surface area contributed by atoms with E-state index in [1.807, 2.05) is 83.4 Å². The second-order valence-electron chi connectivity index (χ2n) is 5.10. The Balaban J connectivity index is 1.97. The number of nitrogens with zero attached hydrogens (tertiary/aromatic N) is 4. The molecule has 2 heterocycles. The third kappa shape index (κ3) is 2.51. The molecule has 4 heteroatoms. The first-order valence-electron chi connectivity index (χ1n) is 7.41. The minimum atomic E-state index is 0.781. The molecule has 0 atom stereocenters. The molecule has 0 N–H and O–H groups in total. The molecule has 4 rings (SSSR count). The van der Waals surface area contributed by atoms with E-state index in [9.17, 15) is 0 Å². The van der Waals surface area contributed by atoms with Gasteiger partial charge in [0.25, 0.3) is 0 Å². The fourth-order valence-electron chi connectivity index (χ4n) is 2.54. The average Bonchev–Trinajstić information content (AvgIpc) is 3.09. The van der Waals surface area contributed by atoms with Gasteiger partial charge in [-0.15, -0.1) is 10.2 Å². The van der Waals surface area contributed by atoms with Crippen molar-refractivity contribution in [3.05, 3.63) is 85.1 Å². The Labute approximate surface area is 134 Å². The van der Waals surface area contributed by atoms with Gasteiger partial charge in [-0.2, -0.15) is 0 Å². The van der Waals surface area contributed by atoms with Gasteiger partial charge >= 0.3 is 0 Å². The zero-order chi connectivity index (χ0) is 15.5. The molecular formula is C19H14N4. The maximum atomic E-state index is 4.48. The van der Waals surface area contributed by atoms with Crippen LogP contribution in [-0.2, 0) is 0 Å². The largest absolute Gasteiger partial charge is 0.258 e. The van der Waals surface area contributed by atoms with Crippen molar-refractivity contribution in [2.45, 2.75) is 0 Å². The monoisotopic (exact) mass is 298 g/mol. The van der Waals surface area contributed by atoms with Crippen molar-refractivity contribution in [3.8, 4) is 28.6 Å². The summed E-state index contributed by atoms with van der Waals surface area (Å²) in [6, 6.07) is 25.9. The third-order valence-corrected chi connectivity index (χ3v) is 3.61. The van der Waals surface area contributed by atoms with Crippen molar-refractivity contribution >= 4 is 0 Å². The maximum absolute atomic E-state index is 4.48. The van der Waals surface area contributed by atoms with Gasteiger partial charge in [-0.05, 0) is 12.1 Å². The molecule has 0 unspecified atom stereocenters. The first kappa shape index (κ1) is 13.4. The molecule has 23 heavy (non-hydrogen) atoms. The molecule has 110 valence electrons. The standard InChI is InChI=1S/C19H14N4/c1-3-9-15(10-4-1)18-21-22-19(16-11-5-2-6-12-16)23(18)17-13-7-8-14-20-17/h1-14H. The Bertz CT molecular complexity index is 843. The van der Waals surface area contributed by atoms with Crippen LogP contribution in [0.2, 0.25) is 0 Å². The van der Waals surface area contributed by atoms with Gasteiger partial charge < -0.3 is 0 Å². The first-order valence-corrected chi connectivity index (χ1v) is 7.41. The molecule has 4 aromatic rings. The summed E-state index contributed by atoms with van der Waals surface area (Å²) >= 11 is 0. The van der Waals surface area contributed by atoms with Crippen molar-refractivity contribution < 1.29 is 0 Å². The quantitative estimate of drug-likeness (QED) is 0.574. The topological polar surface area (TPSA) is 43.6 Å². The lowest BCUT2D eigenvalue weighted by Gasteiger charge is -2.09. The van der Waals surface area contributed by atoms with Crippen molar-refractivity contribution in [2.75, 3.05) is 0 Å². The molecule has 0 saturated heterocycles. The summed E-state index contributed by atoms with van der Waals surface area (Å²) in [5.41, 5.74) is 2.01. The summed E-state index contributed by atoms with van der Waals surface area (Å²) in [6.07, 6.45) is 1.78. The Morgan fingerprint density at radius 1 is 0.565 bits per heavy atom. The summed E-state index contributed by atoms with van der Waals surface area (Å²) in [5, 5.41) is 8.82. The Hall–Kier alpha value is -3.27. The number of benzene rings is 2. The van der Waals surface area contributed by atoms with Crippen LogP contribution >= 0.6 is 0 Å². The van der Waals surface area contributed by atoms with Crippen LogP contribution in [0.3, 0.4) is 0 Å². The summed E-state index contributed by atoms with van der Waals surface area (Å²) in [6.45, 7) is 0. The van der Waals surface area contributed by atoms with E-state index in [0.717, 1.165) is 28.6 Å². The lowest BCUT2D eigenvalue weighted by atomic mass is 10.2. The number of aromatic nitrogens is 4. The van der Waals surface area contributed by atoms with Crippen LogP contribution in [0.15, 0.2) is 85.1 Å². The predicted octanol–water partition coefficient (Wildman–Crippen LogP) is 4.00. The van der Waals surface area contributed by atoms with Crippen molar-refractivity contribution in [3.63, 3.8) is 0 Å². The van der Waals surface area contributed by atoms with Crippen LogP contribution in [0.1, 0.15) is 0 Å². The SMILES string of the molecule is c1ccc(-c2nnc(-c3ccccc3)n2-c2ccccn2)cc1. The van der Waals surface area contributed by atoms with Crippen molar-refractivity contribution in [1.29, 1.82) is 0 Å². The smallest absolute Gasteiger partial charge is 0.170 e. The predicted molar refractivity (Wildman–Crippen MR) is 90.0 cm³/mol. The molecule has 0 bridgehead atoms. The summed E-state index contributed by atoms with van der Waals surface area (Å²) in [7, 11) is 0. The number of rotatable bonds is 3. The Kier molecular flexibility index (Phi) is 3.41. The molecular weight excluding hydrogens is 284 g/mol. The molecule has 0 saturated carbocycles. The molecule has 4 nitrogen and oxygen atoms in total. The maximum Gasteiger partial charge on any atom is 0.170 e. The molecule has 0 aliphatic carbocycles. The van der Waals surface area contributed by atoms with Crippen molar-refractivity contribution in [1.82, 2.24) is 19.7 Å². The number of hydrogen-bond donors (Lipinski definition) is 0. The minimum absolute atomic E-state index is 0.781. The van der Waals surface area contributed by atoms with Crippen LogP contribution < -0.4 is 0 Å². The van der Waals surface area contributed by atoms with Gasteiger partial charge in [-0.25, -0.2) is 4.98 Å². The van der Waals surface area contributed by atoms with Crippen LogP contribution in [-0.4, -0.2) is 19.7 Å². The molecule has 0 amide bonds. The van der Waals surface area contributed by atoms with Crippen LogP contribution in [0, 0.1) is 0 Å². The molecule has 0 aliphatic rings. The van der Waals surface area contributed by atoms with Gasteiger partial charge in [-0.1, -0.05) is 66.7 Å². The van der Waals surface area contributed by atoms with Gasteiger partial charge in [0.1, 0.15) is 5.82 Å². The van der Waals surface area contributed by atoms with Gasteiger partial charge in [0.05, 0.1) is 0 Å². The van der Waals surface area contributed by atoms with Crippen LogP contribution in [0.4, 0.5) is 0 Å². The van der Waals surface area contributed by atoms with E-state index < -0.39 is 0 Å². The second kappa shape index (κ2) is 5.85. The zero-order valence-electron chi connectivity index (χ0n) is 12.4. The molecule has 0 spiro atoms. The molecule has 0 radical (unpaired) electrons. The lowest BCUT2D eigenvalue weighted by Crippen LogP contribution is -2.02. The van der Waals surface area contributed by atoms with E-state index in [2.05, 4.69) is 15.2 Å². The highest BCUT2D eigenvalue weighted by atomic mass is 15.3. The fourth-order valence-corrected chi connectivity index (χ4v) is 2.54. The average molecular weight is 298 g/mol. The van der Waals surface area contributed by atoms with E-state index in [-0.39, 0.29) is 0 Å². The van der Waals surface area contributed by atoms with E-state index in [0.29, 0.717) is 0 Å². The summed E-state index contributed by atoms with van der Waals surface area (Å²) in [4.78, 5) is 4.48. The highest BCUT2D eigenvalue weighted by molar-refractivity contribution is 5.65. The van der Waals surface area contributed by atoms with Gasteiger partial charge in [0.15, 0.2) is 11.6 Å². The van der Waals surface area contributed by atoms with Crippen LogP contribution in [0.25, 0.3) is 28.6 Å². The zero-order valence-corrected chi connectivity index (χ0v) is 12.4. The Morgan fingerprint density at radius 3 is 1.57 bits per heavy atom. The summed E-state index contributed by atoms with van der Waals surface area (Å²) < 4.78 is 1.99. The van der Waals surface area contributed by atoms with Gasteiger partial charge in [0, 0.05) is 17.3 Å². The Morgan fingerprint density at radius 2 is 1.09 bits per heavy atom. The molecule has 0 fully saturated rings. The second-order valence-corrected chi connectivity index (χ2v) is 5.10. The third-order valence-electron chi connectivity index (χ3n) is 3.61.